The first-order valence-electron chi connectivity index (χ1n) is 10.0. The molecule has 1 aliphatic carbocycles. The molecule has 0 bridgehead atoms. The van der Waals surface area contributed by atoms with Crippen molar-refractivity contribution in [2.45, 2.75) is 38.3 Å². The van der Waals surface area contributed by atoms with E-state index in [1.165, 1.54) is 23.1 Å². The fourth-order valence-corrected chi connectivity index (χ4v) is 5.31. The molecule has 1 spiro atoms. The van der Waals surface area contributed by atoms with Crippen molar-refractivity contribution in [2.75, 3.05) is 0 Å². The van der Waals surface area contributed by atoms with Crippen LogP contribution in [0.2, 0.25) is 15.1 Å². The summed E-state index contributed by atoms with van der Waals surface area (Å²) in [6.45, 7) is 2.16. The van der Waals surface area contributed by atoms with Crippen LogP contribution in [0.4, 0.5) is 5.69 Å². The van der Waals surface area contributed by atoms with Crippen LogP contribution in [0.25, 0.3) is 0 Å². The van der Waals surface area contributed by atoms with Gasteiger partial charge in [0.1, 0.15) is 21.4 Å². The molecule has 0 aromatic heterocycles. The Morgan fingerprint density at radius 3 is 2.47 bits per heavy atom. The summed E-state index contributed by atoms with van der Waals surface area (Å²) >= 11 is 24.1. The number of carbonyl (C=O) groups excluding carboxylic acids is 1. The Kier molecular flexibility index (Phi) is 6.29. The first-order chi connectivity index (χ1) is 15.1. The number of rotatable bonds is 3. The lowest BCUT2D eigenvalue weighted by molar-refractivity contribution is -0.384. The van der Waals surface area contributed by atoms with Crippen molar-refractivity contribution < 1.29 is 9.72 Å². The van der Waals surface area contributed by atoms with Crippen molar-refractivity contribution in [3.63, 3.8) is 0 Å². The number of hydrogen-bond donors (Lipinski definition) is 0. The molecule has 4 rings (SSSR count). The smallest absolute Gasteiger partial charge is 0.271 e. The fourth-order valence-electron chi connectivity index (χ4n) is 4.21. The standard InChI is InChI=1S/C22H18Cl3N3O3S/c1-12-6-8-22(9-7-12)26-19(15-4-3-14(23)11-17(15)25)21(32)27(22)20(29)13-2-5-16(24)18(10-13)28(30)31/h2-5,10-12H,6-9H2,1H3. The van der Waals surface area contributed by atoms with E-state index in [0.717, 1.165) is 12.8 Å². The van der Waals surface area contributed by atoms with E-state index >= 15 is 0 Å². The van der Waals surface area contributed by atoms with Gasteiger partial charge in [-0.15, -0.1) is 0 Å². The molecule has 1 aliphatic heterocycles. The summed E-state index contributed by atoms with van der Waals surface area (Å²) in [4.78, 5) is 31.1. The minimum absolute atomic E-state index is 0.0401. The summed E-state index contributed by atoms with van der Waals surface area (Å²) in [7, 11) is 0. The van der Waals surface area contributed by atoms with Gasteiger partial charge in [0.05, 0.1) is 9.95 Å². The van der Waals surface area contributed by atoms with Crippen molar-refractivity contribution in [1.82, 2.24) is 4.90 Å². The summed E-state index contributed by atoms with van der Waals surface area (Å²) in [6, 6.07) is 9.02. The number of thiocarbonyl (C=S) groups is 1. The summed E-state index contributed by atoms with van der Waals surface area (Å²) in [5, 5.41) is 12.2. The quantitative estimate of drug-likeness (QED) is 0.260. The number of aliphatic imine (C=N–C) groups is 1. The van der Waals surface area contributed by atoms with Gasteiger partial charge >= 0.3 is 0 Å². The van der Waals surface area contributed by atoms with Gasteiger partial charge in [0.15, 0.2) is 0 Å². The lowest BCUT2D eigenvalue weighted by Gasteiger charge is -2.40. The minimum Gasteiger partial charge on any atom is -0.271 e. The van der Waals surface area contributed by atoms with Crippen LogP contribution in [0.1, 0.15) is 48.5 Å². The van der Waals surface area contributed by atoms with E-state index in [-0.39, 0.29) is 21.3 Å². The zero-order valence-corrected chi connectivity index (χ0v) is 20.1. The minimum atomic E-state index is -0.854. The van der Waals surface area contributed by atoms with E-state index < -0.39 is 16.5 Å². The molecule has 0 unspecified atom stereocenters. The van der Waals surface area contributed by atoms with Crippen LogP contribution in [-0.2, 0) is 0 Å². The Bertz CT molecular complexity index is 1180. The molecule has 1 fully saturated rings. The Balaban J connectivity index is 1.80. The number of carbonyl (C=O) groups is 1. The monoisotopic (exact) mass is 509 g/mol. The molecule has 10 heteroatoms. The second kappa shape index (κ2) is 8.71. The van der Waals surface area contributed by atoms with E-state index in [1.54, 1.807) is 18.2 Å². The number of nitro benzene ring substituents is 1. The second-order valence-electron chi connectivity index (χ2n) is 8.12. The van der Waals surface area contributed by atoms with Gasteiger partial charge in [0.2, 0.25) is 0 Å². The van der Waals surface area contributed by atoms with E-state index in [2.05, 4.69) is 6.92 Å². The molecule has 0 saturated heterocycles. The van der Waals surface area contributed by atoms with Crippen LogP contribution in [-0.4, -0.2) is 32.1 Å². The Morgan fingerprint density at radius 2 is 1.84 bits per heavy atom. The van der Waals surface area contributed by atoms with Crippen molar-refractivity contribution >= 4 is 69.3 Å². The van der Waals surface area contributed by atoms with Crippen molar-refractivity contribution in [2.24, 2.45) is 10.9 Å². The molecular weight excluding hydrogens is 493 g/mol. The van der Waals surface area contributed by atoms with Gasteiger partial charge in [-0.1, -0.05) is 53.9 Å². The van der Waals surface area contributed by atoms with Gasteiger partial charge in [-0.2, -0.15) is 0 Å². The van der Waals surface area contributed by atoms with Crippen molar-refractivity contribution in [3.8, 4) is 0 Å². The zero-order chi connectivity index (χ0) is 23.2. The molecule has 1 amide bonds. The van der Waals surface area contributed by atoms with Gasteiger partial charge in [0.25, 0.3) is 11.6 Å². The third kappa shape index (κ3) is 4.03. The molecule has 32 heavy (non-hydrogen) atoms. The SMILES string of the molecule is CC1CCC2(CC1)N=C(c1ccc(Cl)cc1Cl)C(=S)N2C(=O)c1ccc(Cl)c([N+](=O)[O-])c1. The highest BCUT2D eigenvalue weighted by Gasteiger charge is 2.50. The summed E-state index contributed by atoms with van der Waals surface area (Å²) < 4.78 is 0. The van der Waals surface area contributed by atoms with E-state index in [4.69, 9.17) is 52.0 Å². The molecule has 6 nitrogen and oxygen atoms in total. The van der Waals surface area contributed by atoms with Crippen molar-refractivity contribution in [3.05, 3.63) is 72.7 Å². The topological polar surface area (TPSA) is 75.8 Å². The Hall–Kier alpha value is -2.06. The van der Waals surface area contributed by atoms with E-state index in [1.807, 2.05) is 0 Å². The molecule has 2 aliphatic rings. The summed E-state index contributed by atoms with van der Waals surface area (Å²) in [6.07, 6.45) is 3.01. The number of amides is 1. The average molecular weight is 511 g/mol. The number of benzene rings is 2. The molecule has 1 heterocycles. The lowest BCUT2D eigenvalue weighted by atomic mass is 9.82. The van der Waals surface area contributed by atoms with Gasteiger partial charge in [-0.05, 0) is 61.9 Å². The second-order valence-corrected chi connectivity index (χ2v) is 9.76. The van der Waals surface area contributed by atoms with Gasteiger partial charge in [-0.3, -0.25) is 24.8 Å². The lowest BCUT2D eigenvalue weighted by Crippen LogP contribution is -2.51. The van der Waals surface area contributed by atoms with E-state index in [9.17, 15) is 14.9 Å². The molecule has 0 atom stereocenters. The maximum absolute atomic E-state index is 13.7. The maximum atomic E-state index is 13.7. The highest BCUT2D eigenvalue weighted by atomic mass is 35.5. The largest absolute Gasteiger partial charge is 0.288 e. The van der Waals surface area contributed by atoms with Gasteiger partial charge in [0, 0.05) is 22.2 Å². The van der Waals surface area contributed by atoms with Crippen LogP contribution in [0, 0.1) is 16.0 Å². The fraction of sp³-hybridized carbons (Fsp3) is 0.318. The maximum Gasteiger partial charge on any atom is 0.288 e. The molecule has 1 saturated carbocycles. The number of halogens is 3. The Morgan fingerprint density at radius 1 is 1.16 bits per heavy atom. The molecule has 2 aromatic rings. The van der Waals surface area contributed by atoms with Crippen LogP contribution in [0.15, 0.2) is 41.4 Å². The third-order valence-electron chi connectivity index (χ3n) is 6.00. The Labute approximate surface area is 205 Å². The number of hydrogen-bond acceptors (Lipinski definition) is 5. The van der Waals surface area contributed by atoms with Gasteiger partial charge < -0.3 is 0 Å². The van der Waals surface area contributed by atoms with Crippen molar-refractivity contribution in [1.29, 1.82) is 0 Å². The third-order valence-corrected chi connectivity index (χ3v) is 7.24. The molecule has 166 valence electrons. The average Bonchev–Trinajstić information content (AvgIpc) is 3.02. The molecule has 0 radical (unpaired) electrons. The predicted octanol–water partition coefficient (Wildman–Crippen LogP) is 6.73. The highest BCUT2D eigenvalue weighted by Crippen LogP contribution is 2.43. The molecule has 2 aromatic carbocycles. The first kappa shape index (κ1) is 23.1. The number of nitro groups is 1. The van der Waals surface area contributed by atoms with Crippen LogP contribution >= 0.6 is 47.0 Å². The zero-order valence-electron chi connectivity index (χ0n) is 17.0. The number of nitrogens with zero attached hydrogens (tertiary/aromatic N) is 3. The molecule has 0 N–H and O–H groups in total. The van der Waals surface area contributed by atoms with Crippen LogP contribution in [0.3, 0.4) is 0 Å². The highest BCUT2D eigenvalue weighted by molar-refractivity contribution is 7.82. The van der Waals surface area contributed by atoms with Gasteiger partial charge in [-0.25, -0.2) is 0 Å². The van der Waals surface area contributed by atoms with Crippen LogP contribution in [0.5, 0.6) is 0 Å². The summed E-state index contributed by atoms with van der Waals surface area (Å²) in [5.41, 5.74) is -0.0201. The van der Waals surface area contributed by atoms with E-state index in [0.29, 0.717) is 40.1 Å². The summed E-state index contributed by atoms with van der Waals surface area (Å²) in [5.74, 6) is 0.0503. The normalized spacial score (nSPS) is 22.9. The molecular formula is C22H18Cl3N3O3S. The van der Waals surface area contributed by atoms with Crippen LogP contribution < -0.4 is 0 Å². The first-order valence-corrected chi connectivity index (χ1v) is 11.6. The predicted molar refractivity (Wildman–Crippen MR) is 130 cm³/mol.